The summed E-state index contributed by atoms with van der Waals surface area (Å²) in [5.41, 5.74) is 7.05. The Hall–Kier alpha value is -1.40. The Morgan fingerprint density at radius 1 is 1.26 bits per heavy atom. The molecule has 1 aromatic carbocycles. The van der Waals surface area contributed by atoms with E-state index in [2.05, 4.69) is 0 Å². The van der Waals surface area contributed by atoms with E-state index in [1.54, 1.807) is 18.4 Å². The van der Waals surface area contributed by atoms with Gasteiger partial charge in [-0.2, -0.15) is 0 Å². The lowest BCUT2D eigenvalue weighted by Gasteiger charge is -2.31. The van der Waals surface area contributed by atoms with Crippen LogP contribution in [0, 0.1) is 0 Å². The molecule has 0 saturated carbocycles. The minimum absolute atomic E-state index is 0. The van der Waals surface area contributed by atoms with Crippen LogP contribution in [0.3, 0.4) is 0 Å². The monoisotopic (exact) mass is 354 g/mol. The number of amides is 1. The summed E-state index contributed by atoms with van der Waals surface area (Å²) in [6.45, 7) is 2.80. The molecule has 0 radical (unpaired) electrons. The third-order valence-corrected chi connectivity index (χ3v) is 4.61. The molecule has 0 aliphatic carbocycles. The molecule has 0 bridgehead atoms. The van der Waals surface area contributed by atoms with E-state index in [1.807, 2.05) is 59.7 Å². The van der Waals surface area contributed by atoms with Gasteiger partial charge >= 0.3 is 0 Å². The van der Waals surface area contributed by atoms with Crippen molar-refractivity contribution in [2.24, 2.45) is 5.73 Å². The number of carbonyl (C=O) groups excluding carboxylic acids is 1. The molecule has 0 aliphatic rings. The lowest BCUT2D eigenvalue weighted by atomic mass is 10.1. The number of nitrogens with two attached hydrogens (primary N) is 1. The maximum absolute atomic E-state index is 12.7. The molecule has 2 rings (SSSR count). The highest BCUT2D eigenvalue weighted by Gasteiger charge is 2.26. The highest BCUT2D eigenvalue weighted by atomic mass is 35.5. The second kappa shape index (κ2) is 9.67. The SMILES string of the molecule is COCC(N)C(=O)N(Cc1ccccc1)C(C)c1cccs1.Cl. The van der Waals surface area contributed by atoms with Crippen LogP contribution in [0.2, 0.25) is 0 Å². The average Bonchev–Trinajstić information content (AvgIpc) is 3.07. The number of ether oxygens (including phenoxy) is 1. The molecule has 1 aromatic heterocycles. The minimum Gasteiger partial charge on any atom is -0.383 e. The smallest absolute Gasteiger partial charge is 0.242 e. The Balaban J connectivity index is 0.00000264. The summed E-state index contributed by atoms with van der Waals surface area (Å²) < 4.78 is 5.03. The fourth-order valence-corrected chi connectivity index (χ4v) is 3.13. The molecule has 2 aromatic rings. The second-order valence-corrected chi connectivity index (χ2v) is 6.18. The number of carbonyl (C=O) groups is 1. The molecule has 1 amide bonds. The third-order valence-electron chi connectivity index (χ3n) is 3.56. The van der Waals surface area contributed by atoms with E-state index in [0.29, 0.717) is 6.54 Å². The van der Waals surface area contributed by atoms with Crippen LogP contribution in [0.4, 0.5) is 0 Å². The Bertz CT molecular complexity index is 578. The summed E-state index contributed by atoms with van der Waals surface area (Å²) in [5, 5.41) is 2.02. The van der Waals surface area contributed by atoms with Gasteiger partial charge in [0.2, 0.25) is 5.91 Å². The predicted octanol–water partition coefficient (Wildman–Crippen LogP) is 3.23. The van der Waals surface area contributed by atoms with Crippen molar-refractivity contribution < 1.29 is 9.53 Å². The maximum Gasteiger partial charge on any atom is 0.242 e. The standard InChI is InChI=1S/C17H22N2O2S.ClH/c1-13(16-9-6-10-22-16)19(17(20)15(18)12-21-2)11-14-7-4-3-5-8-14;/h3-10,13,15H,11-12,18H2,1-2H3;1H. The molecule has 1 heterocycles. The van der Waals surface area contributed by atoms with Crippen LogP contribution < -0.4 is 5.73 Å². The van der Waals surface area contributed by atoms with Crippen LogP contribution >= 0.6 is 23.7 Å². The van der Waals surface area contributed by atoms with Crippen LogP contribution in [0.25, 0.3) is 0 Å². The normalized spacial score (nSPS) is 13.0. The van der Waals surface area contributed by atoms with Crippen molar-refractivity contribution in [1.29, 1.82) is 0 Å². The van der Waals surface area contributed by atoms with Crippen LogP contribution in [-0.4, -0.2) is 30.6 Å². The van der Waals surface area contributed by atoms with E-state index in [9.17, 15) is 4.79 Å². The Morgan fingerprint density at radius 3 is 2.52 bits per heavy atom. The number of hydrogen-bond donors (Lipinski definition) is 1. The van der Waals surface area contributed by atoms with Gasteiger partial charge in [0.25, 0.3) is 0 Å². The number of thiophene rings is 1. The average molecular weight is 355 g/mol. The summed E-state index contributed by atoms with van der Waals surface area (Å²) in [6.07, 6.45) is 0. The summed E-state index contributed by atoms with van der Waals surface area (Å²) in [6, 6.07) is 13.3. The van der Waals surface area contributed by atoms with Crippen molar-refractivity contribution in [2.45, 2.75) is 25.6 Å². The molecule has 0 spiro atoms. The number of methoxy groups -OCH3 is 1. The fraction of sp³-hybridized carbons (Fsp3) is 0.353. The lowest BCUT2D eigenvalue weighted by Crippen LogP contribution is -2.46. The van der Waals surface area contributed by atoms with Crippen LogP contribution in [0.1, 0.15) is 23.4 Å². The molecule has 2 N–H and O–H groups in total. The number of nitrogens with zero attached hydrogens (tertiary/aromatic N) is 1. The van der Waals surface area contributed by atoms with Gasteiger partial charge in [0.1, 0.15) is 6.04 Å². The van der Waals surface area contributed by atoms with Crippen molar-refractivity contribution >= 4 is 29.7 Å². The molecule has 6 heteroatoms. The minimum atomic E-state index is -0.642. The number of rotatable bonds is 7. The van der Waals surface area contributed by atoms with Gasteiger partial charge in [0.05, 0.1) is 12.6 Å². The molecule has 0 aliphatic heterocycles. The zero-order valence-electron chi connectivity index (χ0n) is 13.3. The first-order valence-electron chi connectivity index (χ1n) is 7.25. The van der Waals surface area contributed by atoms with E-state index < -0.39 is 6.04 Å². The number of hydrogen-bond acceptors (Lipinski definition) is 4. The van der Waals surface area contributed by atoms with Crippen molar-refractivity contribution in [1.82, 2.24) is 4.90 Å². The highest BCUT2D eigenvalue weighted by molar-refractivity contribution is 7.10. The Morgan fingerprint density at radius 2 is 1.96 bits per heavy atom. The Labute approximate surface area is 147 Å². The van der Waals surface area contributed by atoms with Gasteiger partial charge in [-0.3, -0.25) is 4.79 Å². The molecule has 4 nitrogen and oxygen atoms in total. The number of benzene rings is 1. The van der Waals surface area contributed by atoms with Gasteiger partial charge in [-0.15, -0.1) is 23.7 Å². The molecule has 0 fully saturated rings. The molecule has 126 valence electrons. The van der Waals surface area contributed by atoms with Crippen LogP contribution in [0.5, 0.6) is 0 Å². The topological polar surface area (TPSA) is 55.6 Å². The summed E-state index contributed by atoms with van der Waals surface area (Å²) >= 11 is 1.65. The largest absolute Gasteiger partial charge is 0.383 e. The van der Waals surface area contributed by atoms with Crippen molar-refractivity contribution in [3.8, 4) is 0 Å². The zero-order valence-corrected chi connectivity index (χ0v) is 15.0. The second-order valence-electron chi connectivity index (χ2n) is 5.20. The first kappa shape index (κ1) is 19.6. The number of halogens is 1. The van der Waals surface area contributed by atoms with Gasteiger partial charge in [-0.05, 0) is 23.9 Å². The highest BCUT2D eigenvalue weighted by Crippen LogP contribution is 2.26. The molecule has 23 heavy (non-hydrogen) atoms. The third kappa shape index (κ3) is 5.32. The zero-order chi connectivity index (χ0) is 15.9. The molecule has 2 unspecified atom stereocenters. The van der Waals surface area contributed by atoms with Gasteiger partial charge < -0.3 is 15.4 Å². The van der Waals surface area contributed by atoms with Crippen molar-refractivity contribution in [3.05, 3.63) is 58.3 Å². The lowest BCUT2D eigenvalue weighted by molar-refractivity contribution is -0.136. The van der Waals surface area contributed by atoms with E-state index in [-0.39, 0.29) is 31.0 Å². The van der Waals surface area contributed by atoms with Gasteiger partial charge in [0, 0.05) is 18.5 Å². The molecule has 2 atom stereocenters. The van der Waals surface area contributed by atoms with E-state index in [1.165, 1.54) is 0 Å². The summed E-state index contributed by atoms with van der Waals surface area (Å²) in [5.74, 6) is -0.0911. The molecule has 0 saturated heterocycles. The molecular weight excluding hydrogens is 332 g/mol. The van der Waals surface area contributed by atoms with Crippen LogP contribution in [-0.2, 0) is 16.1 Å². The van der Waals surface area contributed by atoms with Gasteiger partial charge in [-0.1, -0.05) is 36.4 Å². The summed E-state index contributed by atoms with van der Waals surface area (Å²) in [7, 11) is 1.55. The van der Waals surface area contributed by atoms with Crippen molar-refractivity contribution in [3.63, 3.8) is 0 Å². The van der Waals surface area contributed by atoms with E-state index in [4.69, 9.17) is 10.5 Å². The first-order chi connectivity index (χ1) is 10.6. The fourth-order valence-electron chi connectivity index (χ4n) is 2.33. The maximum atomic E-state index is 12.7. The quantitative estimate of drug-likeness (QED) is 0.830. The van der Waals surface area contributed by atoms with E-state index in [0.717, 1.165) is 10.4 Å². The van der Waals surface area contributed by atoms with Gasteiger partial charge in [-0.25, -0.2) is 0 Å². The van der Waals surface area contributed by atoms with Crippen LogP contribution in [0.15, 0.2) is 47.8 Å². The predicted molar refractivity (Wildman–Crippen MR) is 96.8 cm³/mol. The summed E-state index contributed by atoms with van der Waals surface area (Å²) in [4.78, 5) is 15.7. The van der Waals surface area contributed by atoms with Gasteiger partial charge in [0.15, 0.2) is 0 Å². The Kier molecular flexibility index (Phi) is 8.26. The molecular formula is C17H23ClN2O2S. The van der Waals surface area contributed by atoms with E-state index >= 15 is 0 Å². The van der Waals surface area contributed by atoms with Crippen molar-refractivity contribution in [2.75, 3.05) is 13.7 Å². The first-order valence-corrected chi connectivity index (χ1v) is 8.13.